The number of nitrogens with one attached hydrogen (secondary N) is 2. The van der Waals surface area contributed by atoms with Crippen molar-refractivity contribution < 1.29 is 17.2 Å². The number of hydrogen-bond donors (Lipinski definition) is 2. The van der Waals surface area contributed by atoms with Gasteiger partial charge in [-0.3, -0.25) is 4.72 Å². The van der Waals surface area contributed by atoms with Crippen LogP contribution in [0.15, 0.2) is 45.6 Å². The molecule has 0 aliphatic heterocycles. The molecule has 142 valence electrons. The maximum absolute atomic E-state index is 14.3. The molecule has 0 unspecified atom stereocenters. The minimum Gasteiger partial charge on any atom is -0.423 e. The van der Waals surface area contributed by atoms with Gasteiger partial charge in [0.25, 0.3) is 10.2 Å². The van der Waals surface area contributed by atoms with Crippen LogP contribution in [-0.2, 0) is 16.6 Å². The first kappa shape index (κ1) is 19.1. The van der Waals surface area contributed by atoms with Crippen molar-refractivity contribution in [1.82, 2.24) is 4.72 Å². The lowest BCUT2D eigenvalue weighted by Crippen LogP contribution is -2.26. The number of aryl methyl sites for hydroxylation is 2. The highest BCUT2D eigenvalue weighted by Gasteiger charge is 2.15. The molecule has 1 heterocycles. The van der Waals surface area contributed by atoms with E-state index in [9.17, 15) is 17.6 Å². The summed E-state index contributed by atoms with van der Waals surface area (Å²) in [4.78, 5) is 12.4. The van der Waals surface area contributed by atoms with Gasteiger partial charge < -0.3 is 4.42 Å². The summed E-state index contributed by atoms with van der Waals surface area (Å²) in [5, 5.41) is 0.789. The molecule has 3 aromatic rings. The van der Waals surface area contributed by atoms with Gasteiger partial charge in [0.15, 0.2) is 0 Å². The lowest BCUT2D eigenvalue weighted by Gasteiger charge is -2.11. The summed E-state index contributed by atoms with van der Waals surface area (Å²) in [7, 11) is -2.47. The predicted octanol–water partition coefficient (Wildman–Crippen LogP) is 3.02. The van der Waals surface area contributed by atoms with E-state index in [1.807, 2.05) is 19.1 Å². The molecule has 27 heavy (non-hydrogen) atoms. The number of rotatable bonds is 5. The Kier molecular flexibility index (Phi) is 5.03. The van der Waals surface area contributed by atoms with Gasteiger partial charge in [-0.15, -0.1) is 0 Å². The smallest absolute Gasteiger partial charge is 0.340 e. The van der Waals surface area contributed by atoms with Gasteiger partial charge in [-0.25, -0.2) is 13.9 Å². The molecule has 0 aliphatic carbocycles. The average Bonchev–Trinajstić information content (AvgIpc) is 2.61. The Morgan fingerprint density at radius 1 is 1.11 bits per heavy atom. The SMILES string of the molecule is CNS(=O)(=O)Nc1ccc(F)c(Cc2c(C)c3cc(C)ccc3oc2=O)c1. The molecule has 0 fully saturated rings. The summed E-state index contributed by atoms with van der Waals surface area (Å²) < 4.78 is 47.3. The second kappa shape index (κ2) is 7.13. The number of hydrogen-bond acceptors (Lipinski definition) is 4. The number of fused-ring (bicyclic) bond motifs is 1. The summed E-state index contributed by atoms with van der Waals surface area (Å²) in [6, 6.07) is 9.32. The molecule has 8 heteroatoms. The molecule has 2 aromatic carbocycles. The second-order valence-electron chi connectivity index (χ2n) is 6.29. The number of halogens is 1. The first-order valence-corrected chi connectivity index (χ1v) is 9.71. The normalized spacial score (nSPS) is 11.7. The summed E-state index contributed by atoms with van der Waals surface area (Å²) in [5.74, 6) is -0.537. The molecular formula is C19H19FN2O4S. The van der Waals surface area contributed by atoms with Gasteiger partial charge in [0.2, 0.25) is 0 Å². The van der Waals surface area contributed by atoms with Crippen LogP contribution in [0, 0.1) is 19.7 Å². The molecule has 3 rings (SSSR count). The minimum absolute atomic E-state index is 0.0149. The Bertz CT molecular complexity index is 1190. The Hall–Kier alpha value is -2.71. The monoisotopic (exact) mass is 390 g/mol. The fourth-order valence-corrected chi connectivity index (χ4v) is 3.42. The van der Waals surface area contributed by atoms with Crippen molar-refractivity contribution in [3.8, 4) is 0 Å². The van der Waals surface area contributed by atoms with Crippen molar-refractivity contribution in [2.24, 2.45) is 0 Å². The van der Waals surface area contributed by atoms with Gasteiger partial charge in [-0.2, -0.15) is 8.42 Å². The summed E-state index contributed by atoms with van der Waals surface area (Å²) in [5.41, 5.74) is 2.38. The number of anilines is 1. The summed E-state index contributed by atoms with van der Waals surface area (Å²) >= 11 is 0. The largest absolute Gasteiger partial charge is 0.423 e. The van der Waals surface area contributed by atoms with Gasteiger partial charge in [-0.1, -0.05) is 11.6 Å². The molecule has 0 amide bonds. The molecule has 0 bridgehead atoms. The van der Waals surface area contributed by atoms with E-state index >= 15 is 0 Å². The predicted molar refractivity (Wildman–Crippen MR) is 103 cm³/mol. The zero-order chi connectivity index (χ0) is 19.8. The Balaban J connectivity index is 2.06. The summed E-state index contributed by atoms with van der Waals surface area (Å²) in [6.07, 6.45) is -0.0149. The van der Waals surface area contributed by atoms with Crippen molar-refractivity contribution in [3.63, 3.8) is 0 Å². The van der Waals surface area contributed by atoms with Crippen LogP contribution in [-0.4, -0.2) is 15.5 Å². The minimum atomic E-state index is -3.73. The third-order valence-corrected chi connectivity index (χ3v) is 5.42. The highest BCUT2D eigenvalue weighted by Crippen LogP contribution is 2.24. The molecule has 0 saturated heterocycles. The molecule has 6 nitrogen and oxygen atoms in total. The lowest BCUT2D eigenvalue weighted by atomic mass is 9.98. The topological polar surface area (TPSA) is 88.4 Å². The Morgan fingerprint density at radius 2 is 1.85 bits per heavy atom. The van der Waals surface area contributed by atoms with E-state index < -0.39 is 21.7 Å². The van der Waals surface area contributed by atoms with Gasteiger partial charge in [-0.05, 0) is 55.3 Å². The van der Waals surface area contributed by atoms with Gasteiger partial charge >= 0.3 is 5.63 Å². The van der Waals surface area contributed by atoms with E-state index in [1.165, 1.54) is 19.2 Å². The van der Waals surface area contributed by atoms with Crippen molar-refractivity contribution >= 4 is 26.9 Å². The highest BCUT2D eigenvalue weighted by atomic mass is 32.2. The molecule has 0 radical (unpaired) electrons. The quantitative estimate of drug-likeness (QED) is 0.656. The van der Waals surface area contributed by atoms with E-state index in [0.29, 0.717) is 16.7 Å². The third kappa shape index (κ3) is 4.01. The van der Waals surface area contributed by atoms with E-state index in [2.05, 4.69) is 9.44 Å². The fourth-order valence-electron chi connectivity index (χ4n) is 2.88. The third-order valence-electron chi connectivity index (χ3n) is 4.37. The molecular weight excluding hydrogens is 371 g/mol. The van der Waals surface area contributed by atoms with Gasteiger partial charge in [0.1, 0.15) is 11.4 Å². The standard InChI is InChI=1S/C19H19FN2O4S/c1-11-4-7-18-15(8-11)12(2)16(19(23)26-18)10-13-9-14(5-6-17(13)20)22-27(24,25)21-3/h4-9,21-22H,10H2,1-3H3. The van der Waals surface area contributed by atoms with Crippen LogP contribution >= 0.6 is 0 Å². The summed E-state index contributed by atoms with van der Waals surface area (Å²) in [6.45, 7) is 3.72. The molecule has 2 N–H and O–H groups in total. The van der Waals surface area contributed by atoms with Crippen LogP contribution in [0.4, 0.5) is 10.1 Å². The Labute approximate surface area is 156 Å². The van der Waals surface area contributed by atoms with Crippen LogP contribution < -0.4 is 15.1 Å². The molecule has 0 spiro atoms. The van der Waals surface area contributed by atoms with E-state index in [4.69, 9.17) is 4.42 Å². The maximum Gasteiger partial charge on any atom is 0.340 e. The van der Waals surface area contributed by atoms with Crippen molar-refractivity contribution in [1.29, 1.82) is 0 Å². The van der Waals surface area contributed by atoms with Crippen LogP contribution in [0.1, 0.15) is 22.3 Å². The van der Waals surface area contributed by atoms with Crippen molar-refractivity contribution in [2.45, 2.75) is 20.3 Å². The van der Waals surface area contributed by atoms with Crippen LogP contribution in [0.3, 0.4) is 0 Å². The highest BCUT2D eigenvalue weighted by molar-refractivity contribution is 7.90. The van der Waals surface area contributed by atoms with Crippen LogP contribution in [0.2, 0.25) is 0 Å². The van der Waals surface area contributed by atoms with Gasteiger partial charge in [0, 0.05) is 24.4 Å². The van der Waals surface area contributed by atoms with Gasteiger partial charge in [0.05, 0.1) is 5.69 Å². The van der Waals surface area contributed by atoms with Crippen LogP contribution in [0.5, 0.6) is 0 Å². The second-order valence-corrected chi connectivity index (χ2v) is 7.90. The zero-order valence-corrected chi connectivity index (χ0v) is 15.9. The first-order valence-electron chi connectivity index (χ1n) is 8.23. The van der Waals surface area contributed by atoms with E-state index in [0.717, 1.165) is 17.0 Å². The first-order chi connectivity index (χ1) is 12.7. The van der Waals surface area contributed by atoms with Crippen molar-refractivity contribution in [2.75, 3.05) is 11.8 Å². The van der Waals surface area contributed by atoms with Crippen molar-refractivity contribution in [3.05, 3.63) is 74.9 Å². The molecule has 0 aliphatic rings. The van der Waals surface area contributed by atoms with E-state index in [-0.39, 0.29) is 17.7 Å². The molecule has 0 atom stereocenters. The Morgan fingerprint density at radius 3 is 2.56 bits per heavy atom. The maximum atomic E-state index is 14.3. The van der Waals surface area contributed by atoms with Crippen LogP contribution in [0.25, 0.3) is 11.0 Å². The number of benzene rings is 2. The molecule has 0 saturated carbocycles. The van der Waals surface area contributed by atoms with E-state index in [1.54, 1.807) is 13.0 Å². The zero-order valence-electron chi connectivity index (χ0n) is 15.1. The fraction of sp³-hybridized carbons (Fsp3) is 0.211. The lowest BCUT2D eigenvalue weighted by molar-refractivity contribution is 0.549. The molecule has 1 aromatic heterocycles. The average molecular weight is 390 g/mol.